The Hall–Kier alpha value is -4.66. The molecule has 0 radical (unpaired) electrons. The molecule has 0 aliphatic rings. The highest BCUT2D eigenvalue weighted by Gasteiger charge is 2.17. The molecule has 176 valence electrons. The summed E-state index contributed by atoms with van der Waals surface area (Å²) in [5.74, 6) is 0. The van der Waals surface area contributed by atoms with Crippen LogP contribution >= 0.6 is 11.3 Å². The van der Waals surface area contributed by atoms with Gasteiger partial charge in [0.25, 0.3) is 0 Å². The van der Waals surface area contributed by atoms with E-state index in [0.29, 0.717) is 0 Å². The maximum absolute atomic E-state index is 3.82. The lowest BCUT2D eigenvalue weighted by Gasteiger charge is -2.11. The van der Waals surface area contributed by atoms with Crippen LogP contribution in [0.2, 0.25) is 0 Å². The Morgan fingerprint density at radius 2 is 1.24 bits per heavy atom. The van der Waals surface area contributed by atoms with Crippen LogP contribution in [0.5, 0.6) is 0 Å². The van der Waals surface area contributed by atoms with Crippen molar-refractivity contribution in [3.05, 3.63) is 121 Å². The quantitative estimate of drug-likeness (QED) is 0.216. The molecule has 0 spiro atoms. The predicted molar refractivity (Wildman–Crippen MR) is 167 cm³/mol. The molecule has 7 aromatic carbocycles. The van der Waals surface area contributed by atoms with Crippen molar-refractivity contribution in [2.75, 3.05) is 0 Å². The molecule has 0 saturated carbocycles. The van der Waals surface area contributed by atoms with Crippen LogP contribution in [0.3, 0.4) is 0 Å². The maximum atomic E-state index is 3.82. The van der Waals surface area contributed by atoms with E-state index in [-0.39, 0.29) is 0 Å². The molecule has 1 nitrogen and oxygen atoms in total. The van der Waals surface area contributed by atoms with Crippen molar-refractivity contribution in [3.8, 4) is 11.1 Å². The first-order chi connectivity index (χ1) is 18.8. The number of fused-ring (bicyclic) bond motifs is 13. The second kappa shape index (κ2) is 7.44. The van der Waals surface area contributed by atoms with E-state index >= 15 is 0 Å². The molecule has 9 aromatic rings. The summed E-state index contributed by atoms with van der Waals surface area (Å²) < 4.78 is 2.70. The third-order valence-corrected chi connectivity index (χ3v) is 9.40. The minimum absolute atomic E-state index is 1.18. The standard InChI is InChI=1S/C36H21NS/c1-2-9-23-21(8-1)16-18-27-25-10-3-4-12-28(25)35-34(33(23)27)30-20-22(17-19-31(30)37-35)24-13-7-14-29-26-11-5-6-15-32(26)38-36(24)29/h1-20,37H. The normalized spacial score (nSPS) is 12.2. The van der Waals surface area contributed by atoms with Crippen LogP contribution < -0.4 is 0 Å². The second-order valence-electron chi connectivity index (χ2n) is 10.2. The molecule has 0 aliphatic heterocycles. The highest BCUT2D eigenvalue weighted by atomic mass is 32.1. The molecule has 0 amide bonds. The smallest absolute Gasteiger partial charge is 0.0551 e. The summed E-state index contributed by atoms with van der Waals surface area (Å²) in [5.41, 5.74) is 4.96. The fraction of sp³-hybridized carbons (Fsp3) is 0. The predicted octanol–water partition coefficient (Wildman–Crippen LogP) is 10.8. The van der Waals surface area contributed by atoms with Crippen molar-refractivity contribution < 1.29 is 0 Å². The molecule has 2 aromatic heterocycles. The number of thiophene rings is 1. The topological polar surface area (TPSA) is 15.8 Å². The van der Waals surface area contributed by atoms with E-state index < -0.39 is 0 Å². The van der Waals surface area contributed by atoms with Gasteiger partial charge in [-0.25, -0.2) is 0 Å². The number of hydrogen-bond donors (Lipinski definition) is 1. The first kappa shape index (κ1) is 20.4. The third-order valence-electron chi connectivity index (χ3n) is 8.18. The SMILES string of the molecule is c1ccc2c(c1)ccc1c3ccccc3c3[nH]c4ccc(-c5cccc6c5sc5ccccc56)cc4c3c21. The lowest BCUT2D eigenvalue weighted by Crippen LogP contribution is -1.84. The largest absolute Gasteiger partial charge is 0.354 e. The van der Waals surface area contributed by atoms with E-state index in [1.807, 2.05) is 11.3 Å². The van der Waals surface area contributed by atoms with E-state index in [4.69, 9.17) is 0 Å². The summed E-state index contributed by atoms with van der Waals surface area (Å²) in [6, 6.07) is 44.6. The zero-order chi connectivity index (χ0) is 24.8. The fourth-order valence-electron chi connectivity index (χ4n) is 6.50. The number of nitrogens with one attached hydrogen (secondary N) is 1. The molecular formula is C36H21NS. The maximum Gasteiger partial charge on any atom is 0.0551 e. The van der Waals surface area contributed by atoms with E-state index in [1.54, 1.807) is 0 Å². The highest BCUT2D eigenvalue weighted by molar-refractivity contribution is 7.26. The van der Waals surface area contributed by atoms with E-state index in [1.165, 1.54) is 85.4 Å². The van der Waals surface area contributed by atoms with Crippen LogP contribution in [0, 0.1) is 0 Å². The number of rotatable bonds is 1. The summed E-state index contributed by atoms with van der Waals surface area (Å²) >= 11 is 1.89. The fourth-order valence-corrected chi connectivity index (χ4v) is 7.74. The van der Waals surface area contributed by atoms with Gasteiger partial charge in [-0.15, -0.1) is 11.3 Å². The number of benzene rings is 7. The van der Waals surface area contributed by atoms with Crippen LogP contribution in [-0.4, -0.2) is 4.98 Å². The van der Waals surface area contributed by atoms with Gasteiger partial charge in [-0.1, -0.05) is 103 Å². The van der Waals surface area contributed by atoms with Crippen molar-refractivity contribution in [1.82, 2.24) is 4.98 Å². The summed E-state index contributed by atoms with van der Waals surface area (Å²) in [4.78, 5) is 3.82. The molecule has 9 rings (SSSR count). The molecule has 2 heteroatoms. The molecule has 38 heavy (non-hydrogen) atoms. The molecule has 1 N–H and O–H groups in total. The Kier molecular flexibility index (Phi) is 3.99. The van der Waals surface area contributed by atoms with Gasteiger partial charge < -0.3 is 4.98 Å². The average molecular weight is 500 g/mol. The van der Waals surface area contributed by atoms with Crippen LogP contribution in [0.1, 0.15) is 0 Å². The Balaban J connectivity index is 1.46. The van der Waals surface area contributed by atoms with Gasteiger partial charge in [0.1, 0.15) is 0 Å². The van der Waals surface area contributed by atoms with E-state index in [0.717, 1.165) is 0 Å². The summed E-state index contributed by atoms with van der Waals surface area (Å²) in [6.45, 7) is 0. The van der Waals surface area contributed by atoms with Crippen molar-refractivity contribution in [1.29, 1.82) is 0 Å². The zero-order valence-electron chi connectivity index (χ0n) is 20.5. The molecular weight excluding hydrogens is 478 g/mol. The first-order valence-electron chi connectivity index (χ1n) is 13.0. The Morgan fingerprint density at radius 1 is 0.474 bits per heavy atom. The third kappa shape index (κ3) is 2.65. The molecule has 0 unspecified atom stereocenters. The molecule has 0 saturated heterocycles. The van der Waals surface area contributed by atoms with E-state index in [2.05, 4.69) is 126 Å². The minimum atomic E-state index is 1.18. The number of hydrogen-bond acceptors (Lipinski definition) is 1. The van der Waals surface area contributed by atoms with Crippen molar-refractivity contribution >= 4 is 85.6 Å². The second-order valence-corrected chi connectivity index (χ2v) is 11.2. The van der Waals surface area contributed by atoms with Gasteiger partial charge >= 0.3 is 0 Å². The Morgan fingerprint density at radius 3 is 2.16 bits per heavy atom. The number of aromatic amines is 1. The zero-order valence-corrected chi connectivity index (χ0v) is 21.3. The van der Waals surface area contributed by atoms with Gasteiger partial charge in [0.2, 0.25) is 0 Å². The van der Waals surface area contributed by atoms with Gasteiger partial charge in [-0.05, 0) is 50.9 Å². The van der Waals surface area contributed by atoms with Crippen LogP contribution in [-0.2, 0) is 0 Å². The first-order valence-corrected chi connectivity index (χ1v) is 13.8. The van der Waals surface area contributed by atoms with Crippen LogP contribution in [0.25, 0.3) is 85.4 Å². The van der Waals surface area contributed by atoms with Gasteiger partial charge in [-0.3, -0.25) is 0 Å². The molecule has 0 atom stereocenters. The van der Waals surface area contributed by atoms with Gasteiger partial charge in [0.05, 0.1) is 5.52 Å². The molecule has 0 aliphatic carbocycles. The lowest BCUT2D eigenvalue weighted by molar-refractivity contribution is 1.56. The number of aromatic nitrogens is 1. The van der Waals surface area contributed by atoms with Crippen LogP contribution in [0.15, 0.2) is 121 Å². The number of H-pyrrole nitrogens is 1. The Labute approximate surface area is 222 Å². The van der Waals surface area contributed by atoms with Crippen molar-refractivity contribution in [2.24, 2.45) is 0 Å². The van der Waals surface area contributed by atoms with Crippen molar-refractivity contribution in [3.63, 3.8) is 0 Å². The minimum Gasteiger partial charge on any atom is -0.354 e. The van der Waals surface area contributed by atoms with Crippen molar-refractivity contribution in [2.45, 2.75) is 0 Å². The lowest BCUT2D eigenvalue weighted by atomic mass is 9.92. The van der Waals surface area contributed by atoms with E-state index in [9.17, 15) is 0 Å². The molecule has 0 fully saturated rings. The summed E-state index contributed by atoms with van der Waals surface area (Å²) in [7, 11) is 0. The Bertz CT molecular complexity index is 2400. The summed E-state index contributed by atoms with van der Waals surface area (Å²) in [6.07, 6.45) is 0. The summed E-state index contributed by atoms with van der Waals surface area (Å²) in [5, 5.41) is 13.1. The van der Waals surface area contributed by atoms with Gasteiger partial charge in [-0.2, -0.15) is 0 Å². The molecule has 2 heterocycles. The molecule has 0 bridgehead atoms. The van der Waals surface area contributed by atoms with Crippen LogP contribution in [0.4, 0.5) is 0 Å². The monoisotopic (exact) mass is 499 g/mol. The average Bonchev–Trinajstić information content (AvgIpc) is 3.55. The van der Waals surface area contributed by atoms with Gasteiger partial charge in [0, 0.05) is 47.2 Å². The van der Waals surface area contributed by atoms with Gasteiger partial charge in [0.15, 0.2) is 0 Å². The highest BCUT2D eigenvalue weighted by Crippen LogP contribution is 2.44.